The molecule has 5 heteroatoms. The van der Waals surface area contributed by atoms with Crippen LogP contribution in [-0.2, 0) is 14.3 Å². The second kappa shape index (κ2) is 5.74. The summed E-state index contributed by atoms with van der Waals surface area (Å²) in [6.45, 7) is 11.3. The lowest BCUT2D eigenvalue weighted by molar-refractivity contribution is -0.160. The van der Waals surface area contributed by atoms with Gasteiger partial charge in [0.1, 0.15) is 0 Å². The molecule has 0 saturated carbocycles. The highest BCUT2D eigenvalue weighted by Gasteiger charge is 2.41. The summed E-state index contributed by atoms with van der Waals surface area (Å²) >= 11 is 0. The summed E-state index contributed by atoms with van der Waals surface area (Å²) < 4.78 is 5.69. The smallest absolute Gasteiger partial charge is 0.329 e. The fourth-order valence-corrected chi connectivity index (χ4v) is 2.40. The Bertz CT molecular complexity index is 372. The van der Waals surface area contributed by atoms with Crippen LogP contribution in [-0.4, -0.2) is 46.2 Å². The average molecular weight is 269 g/mol. The number of hydrogen-bond acceptors (Lipinski definition) is 3. The lowest BCUT2D eigenvalue weighted by Crippen LogP contribution is -2.51. The number of carboxylic acids is 1. The Balaban J connectivity index is 2.86. The number of likely N-dealkylation sites (tertiary alicyclic amines) is 1. The van der Waals surface area contributed by atoms with Gasteiger partial charge in [0.25, 0.3) is 0 Å². The molecule has 1 heterocycles. The van der Waals surface area contributed by atoms with Gasteiger partial charge in [-0.3, -0.25) is 4.79 Å². The van der Waals surface area contributed by atoms with Crippen LogP contribution >= 0.6 is 0 Å². The minimum absolute atomic E-state index is 0.0242. The van der Waals surface area contributed by atoms with Crippen molar-refractivity contribution in [2.75, 3.05) is 6.54 Å². The molecule has 1 amide bonds. The van der Waals surface area contributed by atoms with Crippen molar-refractivity contribution in [3.63, 3.8) is 0 Å². The summed E-state index contributed by atoms with van der Waals surface area (Å²) in [5.74, 6) is -1.16. The Kier molecular flexibility index (Phi) is 4.74. The maximum atomic E-state index is 11.9. The van der Waals surface area contributed by atoms with Crippen molar-refractivity contribution in [2.24, 2.45) is 5.92 Å². The van der Waals surface area contributed by atoms with Crippen molar-refractivity contribution in [3.05, 3.63) is 12.7 Å². The normalized spacial score (nSPS) is 23.3. The van der Waals surface area contributed by atoms with E-state index in [1.807, 2.05) is 20.8 Å². The van der Waals surface area contributed by atoms with E-state index in [9.17, 15) is 14.7 Å². The van der Waals surface area contributed by atoms with E-state index in [1.165, 1.54) is 4.90 Å². The van der Waals surface area contributed by atoms with Crippen LogP contribution in [0, 0.1) is 5.92 Å². The van der Waals surface area contributed by atoms with Crippen LogP contribution in [0.1, 0.15) is 34.1 Å². The van der Waals surface area contributed by atoms with Crippen molar-refractivity contribution in [2.45, 2.75) is 51.9 Å². The standard InChI is InChI=1S/C14H23NO4/c1-6-10-7-11(16)15(8-10)12(13(17)18)9(2)19-14(3,4)5/h6,9-10,12H,1,7-8H2,2-5H3,(H,17,18)/t9-,10?,12+/m0/s1. The number of carbonyl (C=O) groups is 2. The van der Waals surface area contributed by atoms with E-state index in [0.717, 1.165) is 0 Å². The first kappa shape index (κ1) is 15.7. The predicted molar refractivity (Wildman–Crippen MR) is 71.7 cm³/mol. The van der Waals surface area contributed by atoms with E-state index in [-0.39, 0.29) is 11.8 Å². The molecule has 5 nitrogen and oxygen atoms in total. The van der Waals surface area contributed by atoms with Crippen molar-refractivity contribution < 1.29 is 19.4 Å². The highest BCUT2D eigenvalue weighted by atomic mass is 16.5. The molecule has 1 saturated heterocycles. The Hall–Kier alpha value is -1.36. The van der Waals surface area contributed by atoms with E-state index in [0.29, 0.717) is 13.0 Å². The van der Waals surface area contributed by atoms with Crippen molar-refractivity contribution in [3.8, 4) is 0 Å². The number of ether oxygens (including phenoxy) is 1. The summed E-state index contributed by atoms with van der Waals surface area (Å²) in [5, 5.41) is 9.38. The second-order valence-corrected chi connectivity index (χ2v) is 5.96. The third kappa shape index (κ3) is 4.06. The van der Waals surface area contributed by atoms with E-state index in [4.69, 9.17) is 4.74 Å². The number of aliphatic carboxylic acids is 1. The molecule has 0 aromatic carbocycles. The number of hydrogen-bond donors (Lipinski definition) is 1. The van der Waals surface area contributed by atoms with E-state index in [1.54, 1.807) is 13.0 Å². The number of rotatable bonds is 5. The third-order valence-electron chi connectivity index (χ3n) is 3.09. The number of carboxylic acid groups (broad SMARTS) is 1. The van der Waals surface area contributed by atoms with Gasteiger partial charge in [0.05, 0.1) is 11.7 Å². The Morgan fingerprint density at radius 1 is 1.58 bits per heavy atom. The monoisotopic (exact) mass is 269 g/mol. The first-order valence-electron chi connectivity index (χ1n) is 6.48. The highest BCUT2D eigenvalue weighted by Crippen LogP contribution is 2.25. The molecule has 1 fully saturated rings. The molecule has 3 atom stereocenters. The molecule has 19 heavy (non-hydrogen) atoms. The van der Waals surface area contributed by atoms with Crippen molar-refractivity contribution in [1.82, 2.24) is 4.90 Å². The molecule has 108 valence electrons. The molecule has 0 aromatic rings. The molecule has 1 unspecified atom stereocenters. The molecular weight excluding hydrogens is 246 g/mol. The quantitative estimate of drug-likeness (QED) is 0.771. The molecule has 1 rings (SSSR count). The van der Waals surface area contributed by atoms with Gasteiger partial charge in [0, 0.05) is 18.9 Å². The zero-order chi connectivity index (χ0) is 14.8. The van der Waals surface area contributed by atoms with Crippen LogP contribution < -0.4 is 0 Å². The van der Waals surface area contributed by atoms with Crippen LogP contribution in [0.2, 0.25) is 0 Å². The molecule has 0 bridgehead atoms. The van der Waals surface area contributed by atoms with Gasteiger partial charge >= 0.3 is 5.97 Å². The minimum Gasteiger partial charge on any atom is -0.480 e. The molecule has 0 spiro atoms. The van der Waals surface area contributed by atoms with Gasteiger partial charge < -0.3 is 14.7 Å². The number of amides is 1. The zero-order valence-corrected chi connectivity index (χ0v) is 12.0. The Morgan fingerprint density at radius 2 is 2.16 bits per heavy atom. The summed E-state index contributed by atoms with van der Waals surface area (Å²) in [4.78, 5) is 24.8. The van der Waals surface area contributed by atoms with Crippen molar-refractivity contribution in [1.29, 1.82) is 0 Å². The van der Waals surface area contributed by atoms with E-state index >= 15 is 0 Å². The van der Waals surface area contributed by atoms with Gasteiger partial charge in [-0.15, -0.1) is 6.58 Å². The molecule has 1 N–H and O–H groups in total. The Labute approximate surface area is 114 Å². The minimum atomic E-state index is -1.03. The lowest BCUT2D eigenvalue weighted by atomic mass is 10.1. The molecule has 0 radical (unpaired) electrons. The maximum Gasteiger partial charge on any atom is 0.329 e. The first-order valence-corrected chi connectivity index (χ1v) is 6.48. The van der Waals surface area contributed by atoms with Gasteiger partial charge in [-0.1, -0.05) is 6.08 Å². The SMILES string of the molecule is C=CC1CC(=O)N([C@@H](C(=O)O)[C@H](C)OC(C)(C)C)C1. The molecule has 0 aliphatic carbocycles. The average Bonchev–Trinajstić information content (AvgIpc) is 2.57. The van der Waals surface area contributed by atoms with E-state index in [2.05, 4.69) is 6.58 Å². The summed E-state index contributed by atoms with van der Waals surface area (Å²) in [7, 11) is 0. The summed E-state index contributed by atoms with van der Waals surface area (Å²) in [6, 6.07) is -0.948. The van der Waals surface area contributed by atoms with Gasteiger partial charge in [-0.25, -0.2) is 4.79 Å². The van der Waals surface area contributed by atoms with E-state index < -0.39 is 23.7 Å². The summed E-state index contributed by atoms with van der Waals surface area (Å²) in [6.07, 6.45) is 1.46. The van der Waals surface area contributed by atoms with Gasteiger partial charge in [0.2, 0.25) is 5.91 Å². The maximum absolute atomic E-state index is 11.9. The fourth-order valence-electron chi connectivity index (χ4n) is 2.40. The lowest BCUT2D eigenvalue weighted by Gasteiger charge is -2.33. The van der Waals surface area contributed by atoms with Gasteiger partial charge in [-0.2, -0.15) is 0 Å². The molecular formula is C14H23NO4. The topological polar surface area (TPSA) is 66.8 Å². The van der Waals surface area contributed by atoms with Crippen LogP contribution in [0.5, 0.6) is 0 Å². The van der Waals surface area contributed by atoms with Crippen LogP contribution in [0.4, 0.5) is 0 Å². The van der Waals surface area contributed by atoms with Crippen LogP contribution in [0.25, 0.3) is 0 Å². The third-order valence-corrected chi connectivity index (χ3v) is 3.09. The molecule has 0 aromatic heterocycles. The second-order valence-electron chi connectivity index (χ2n) is 5.96. The summed E-state index contributed by atoms with van der Waals surface area (Å²) in [5.41, 5.74) is -0.451. The van der Waals surface area contributed by atoms with Gasteiger partial charge in [-0.05, 0) is 27.7 Å². The van der Waals surface area contributed by atoms with Crippen molar-refractivity contribution >= 4 is 11.9 Å². The molecule has 1 aliphatic rings. The molecule has 1 aliphatic heterocycles. The van der Waals surface area contributed by atoms with Crippen LogP contribution in [0.15, 0.2) is 12.7 Å². The Morgan fingerprint density at radius 3 is 2.53 bits per heavy atom. The zero-order valence-electron chi connectivity index (χ0n) is 12.0. The first-order chi connectivity index (χ1) is 8.65. The fraction of sp³-hybridized carbons (Fsp3) is 0.714. The van der Waals surface area contributed by atoms with Gasteiger partial charge in [0.15, 0.2) is 6.04 Å². The van der Waals surface area contributed by atoms with Crippen LogP contribution in [0.3, 0.4) is 0 Å². The highest BCUT2D eigenvalue weighted by molar-refractivity contribution is 5.85. The number of carbonyl (C=O) groups excluding carboxylic acids is 1. The number of nitrogens with zero attached hydrogens (tertiary/aromatic N) is 1. The predicted octanol–water partition coefficient (Wildman–Crippen LogP) is 1.68. The largest absolute Gasteiger partial charge is 0.480 e.